The molecule has 1 atom stereocenters. The number of benzene rings is 10. The molecule has 0 aliphatic heterocycles. The molecule has 0 aliphatic carbocycles. The molecule has 60 heavy (non-hydrogen) atoms. The Labute approximate surface area is 350 Å². The Morgan fingerprint density at radius 3 is 1.25 bits per heavy atom. The van der Waals surface area contributed by atoms with Crippen LogP contribution in [0.5, 0.6) is 0 Å². The van der Waals surface area contributed by atoms with Crippen molar-refractivity contribution >= 4 is 32.7 Å². The standard InChI is InChI=1S/C59H40O/c1-3-12-40(13-4-1)41-22-24-42(25-23-41)44-28-34-48(35-29-44)58(55-39-38-50(46-14-5-2-6-15-46)52-16-7-8-17-53(52)55)49-36-30-45(31-37-49)43-26-32-47(33-27-43)51-19-11-20-56-54-18-9-10-21-57(54)60-59(51)56/h1-39,58H. The maximum Gasteiger partial charge on any atom is 0.143 e. The maximum atomic E-state index is 6.37. The maximum absolute atomic E-state index is 6.37. The zero-order chi connectivity index (χ0) is 39.8. The molecule has 0 amide bonds. The van der Waals surface area contributed by atoms with Gasteiger partial charge >= 0.3 is 0 Å². The van der Waals surface area contributed by atoms with Gasteiger partial charge in [-0.2, -0.15) is 0 Å². The van der Waals surface area contributed by atoms with E-state index in [1.54, 1.807) is 0 Å². The number of furan rings is 1. The topological polar surface area (TPSA) is 13.1 Å². The highest BCUT2D eigenvalue weighted by atomic mass is 16.3. The van der Waals surface area contributed by atoms with E-state index in [4.69, 9.17) is 4.42 Å². The summed E-state index contributed by atoms with van der Waals surface area (Å²) < 4.78 is 6.37. The second-order valence-electron chi connectivity index (χ2n) is 15.6. The van der Waals surface area contributed by atoms with E-state index in [1.165, 1.54) is 72.0 Å². The van der Waals surface area contributed by atoms with Crippen LogP contribution in [0.2, 0.25) is 0 Å². The summed E-state index contributed by atoms with van der Waals surface area (Å²) in [5, 5.41) is 4.82. The van der Waals surface area contributed by atoms with Crippen molar-refractivity contribution in [3.05, 3.63) is 253 Å². The molecule has 11 aromatic rings. The second kappa shape index (κ2) is 15.2. The van der Waals surface area contributed by atoms with Crippen molar-refractivity contribution in [1.29, 1.82) is 0 Å². The number of fused-ring (bicyclic) bond motifs is 4. The van der Waals surface area contributed by atoms with Gasteiger partial charge in [0.2, 0.25) is 0 Å². The molecule has 1 heteroatoms. The van der Waals surface area contributed by atoms with Gasteiger partial charge in [0.05, 0.1) is 0 Å². The third-order valence-electron chi connectivity index (χ3n) is 12.1. The smallest absolute Gasteiger partial charge is 0.143 e. The monoisotopic (exact) mass is 764 g/mol. The number of hydrogen-bond acceptors (Lipinski definition) is 1. The number of para-hydroxylation sites is 2. The highest BCUT2D eigenvalue weighted by molar-refractivity contribution is 6.09. The van der Waals surface area contributed by atoms with E-state index in [-0.39, 0.29) is 5.92 Å². The van der Waals surface area contributed by atoms with Gasteiger partial charge in [0.25, 0.3) is 0 Å². The minimum atomic E-state index is 0.0231. The van der Waals surface area contributed by atoms with Crippen molar-refractivity contribution in [2.75, 3.05) is 0 Å². The molecule has 0 saturated heterocycles. The van der Waals surface area contributed by atoms with Crippen molar-refractivity contribution in [2.24, 2.45) is 0 Å². The summed E-state index contributed by atoms with van der Waals surface area (Å²) in [6.45, 7) is 0. The lowest BCUT2D eigenvalue weighted by molar-refractivity contribution is 0.670. The van der Waals surface area contributed by atoms with E-state index in [0.29, 0.717) is 0 Å². The molecular weight excluding hydrogens is 725 g/mol. The summed E-state index contributed by atoms with van der Waals surface area (Å²) in [6, 6.07) is 85.7. The molecule has 0 saturated carbocycles. The lowest BCUT2D eigenvalue weighted by Gasteiger charge is -2.23. The predicted molar refractivity (Wildman–Crippen MR) is 252 cm³/mol. The summed E-state index contributed by atoms with van der Waals surface area (Å²) in [6.07, 6.45) is 0. The zero-order valence-electron chi connectivity index (χ0n) is 33.0. The zero-order valence-corrected chi connectivity index (χ0v) is 33.0. The molecule has 0 aliphatic rings. The largest absolute Gasteiger partial charge is 0.455 e. The van der Waals surface area contributed by atoms with Crippen molar-refractivity contribution < 1.29 is 4.42 Å². The SMILES string of the molecule is c1ccc(-c2ccc(-c3ccc(C(c4ccc(-c5ccc(-c6cccc7c6oc6ccccc67)cc5)cc4)c4ccc(-c5ccccc5)c5ccccc45)cc3)cc2)cc1. The first kappa shape index (κ1) is 35.4. The quantitative estimate of drug-likeness (QED) is 0.140. The van der Waals surface area contributed by atoms with Gasteiger partial charge in [0.15, 0.2) is 0 Å². The van der Waals surface area contributed by atoms with E-state index < -0.39 is 0 Å². The van der Waals surface area contributed by atoms with Crippen LogP contribution in [-0.2, 0) is 0 Å². The van der Waals surface area contributed by atoms with Crippen LogP contribution >= 0.6 is 0 Å². The molecular formula is C59H40O. The van der Waals surface area contributed by atoms with E-state index in [9.17, 15) is 0 Å². The van der Waals surface area contributed by atoms with Gasteiger partial charge in [-0.15, -0.1) is 0 Å². The van der Waals surface area contributed by atoms with Gasteiger partial charge in [-0.05, 0) is 83.6 Å². The molecule has 10 aromatic carbocycles. The van der Waals surface area contributed by atoms with Crippen LogP contribution in [0.3, 0.4) is 0 Å². The molecule has 11 rings (SSSR count). The fourth-order valence-corrected chi connectivity index (χ4v) is 9.03. The molecule has 0 N–H and O–H groups in total. The van der Waals surface area contributed by atoms with Crippen molar-refractivity contribution in [3.63, 3.8) is 0 Å². The molecule has 0 fully saturated rings. The first-order valence-electron chi connectivity index (χ1n) is 20.7. The van der Waals surface area contributed by atoms with Crippen LogP contribution in [0.4, 0.5) is 0 Å². The van der Waals surface area contributed by atoms with Crippen LogP contribution in [0.25, 0.3) is 88.3 Å². The summed E-state index contributed by atoms with van der Waals surface area (Å²) >= 11 is 0. The number of hydrogen-bond donors (Lipinski definition) is 0. The molecule has 1 unspecified atom stereocenters. The van der Waals surface area contributed by atoms with Gasteiger partial charge in [-0.1, -0.05) is 231 Å². The van der Waals surface area contributed by atoms with E-state index in [1.807, 2.05) is 12.1 Å². The molecule has 1 heterocycles. The third kappa shape index (κ3) is 6.47. The fraction of sp³-hybridized carbons (Fsp3) is 0.0169. The molecule has 0 spiro atoms. The summed E-state index contributed by atoms with van der Waals surface area (Å²) in [7, 11) is 0. The van der Waals surface area contributed by atoms with Gasteiger partial charge < -0.3 is 4.42 Å². The average molecular weight is 765 g/mol. The first-order valence-corrected chi connectivity index (χ1v) is 20.7. The minimum absolute atomic E-state index is 0.0231. The van der Waals surface area contributed by atoms with Crippen LogP contribution in [-0.4, -0.2) is 0 Å². The fourth-order valence-electron chi connectivity index (χ4n) is 9.03. The van der Waals surface area contributed by atoms with Crippen LogP contribution in [0.1, 0.15) is 22.6 Å². The Balaban J connectivity index is 0.957. The number of rotatable bonds is 8. The van der Waals surface area contributed by atoms with Gasteiger partial charge in [0.1, 0.15) is 11.2 Å². The second-order valence-corrected chi connectivity index (χ2v) is 15.6. The Bertz CT molecular complexity index is 3250. The van der Waals surface area contributed by atoms with Crippen LogP contribution < -0.4 is 0 Å². The van der Waals surface area contributed by atoms with Crippen LogP contribution in [0, 0.1) is 0 Å². The Morgan fingerprint density at radius 2 is 0.667 bits per heavy atom. The van der Waals surface area contributed by atoms with Gasteiger partial charge in [0, 0.05) is 22.3 Å². The van der Waals surface area contributed by atoms with Crippen LogP contribution in [0.15, 0.2) is 241 Å². The Hall–Kier alpha value is -7.74. The van der Waals surface area contributed by atoms with Gasteiger partial charge in [-0.25, -0.2) is 0 Å². The predicted octanol–water partition coefficient (Wildman–Crippen LogP) is 16.3. The van der Waals surface area contributed by atoms with E-state index in [2.05, 4.69) is 224 Å². The van der Waals surface area contributed by atoms with Gasteiger partial charge in [-0.3, -0.25) is 0 Å². The lowest BCUT2D eigenvalue weighted by Crippen LogP contribution is -2.05. The third-order valence-corrected chi connectivity index (χ3v) is 12.1. The summed E-state index contributed by atoms with van der Waals surface area (Å²) in [5.74, 6) is 0.0231. The molecule has 282 valence electrons. The molecule has 0 bridgehead atoms. The lowest BCUT2D eigenvalue weighted by atomic mass is 9.80. The molecule has 1 nitrogen and oxygen atoms in total. The van der Waals surface area contributed by atoms with Crippen molar-refractivity contribution in [2.45, 2.75) is 5.92 Å². The Morgan fingerprint density at radius 1 is 0.250 bits per heavy atom. The highest BCUT2D eigenvalue weighted by Gasteiger charge is 2.21. The van der Waals surface area contributed by atoms with Crippen molar-refractivity contribution in [1.82, 2.24) is 0 Å². The summed E-state index contributed by atoms with van der Waals surface area (Å²) in [5.41, 5.74) is 17.6. The van der Waals surface area contributed by atoms with Crippen molar-refractivity contribution in [3.8, 4) is 55.6 Å². The summed E-state index contributed by atoms with van der Waals surface area (Å²) in [4.78, 5) is 0. The molecule has 0 radical (unpaired) electrons. The minimum Gasteiger partial charge on any atom is -0.455 e. The van der Waals surface area contributed by atoms with E-state index >= 15 is 0 Å². The highest BCUT2D eigenvalue weighted by Crippen LogP contribution is 2.41. The van der Waals surface area contributed by atoms with E-state index in [0.717, 1.165) is 33.1 Å². The normalized spacial score (nSPS) is 11.9. The average Bonchev–Trinajstić information content (AvgIpc) is 3.72. The molecule has 1 aromatic heterocycles. The first-order chi connectivity index (χ1) is 29.7. The Kier molecular flexibility index (Phi) is 8.98.